The van der Waals surface area contributed by atoms with Gasteiger partial charge < -0.3 is 25.5 Å². The molecule has 2 aromatic rings. The quantitative estimate of drug-likeness (QED) is 0.468. The zero-order chi connectivity index (χ0) is 21.0. The number of furan rings is 1. The van der Waals surface area contributed by atoms with Gasteiger partial charge in [0.15, 0.2) is 0 Å². The third kappa shape index (κ3) is 4.61. The summed E-state index contributed by atoms with van der Waals surface area (Å²) in [5, 5.41) is 17.3. The van der Waals surface area contributed by atoms with E-state index >= 15 is 0 Å². The summed E-state index contributed by atoms with van der Waals surface area (Å²) in [6.45, 7) is 3.85. The van der Waals surface area contributed by atoms with Crippen LogP contribution in [0.15, 0.2) is 34.7 Å². The van der Waals surface area contributed by atoms with Crippen molar-refractivity contribution >= 4 is 17.7 Å². The third-order valence-electron chi connectivity index (χ3n) is 4.75. The Hall–Kier alpha value is -3.24. The van der Waals surface area contributed by atoms with Gasteiger partial charge in [-0.15, -0.1) is 0 Å². The van der Waals surface area contributed by atoms with Gasteiger partial charge in [-0.3, -0.25) is 19.7 Å². The van der Waals surface area contributed by atoms with Gasteiger partial charge in [0.2, 0.25) is 5.76 Å². The highest BCUT2D eigenvalue weighted by Gasteiger charge is 2.26. The van der Waals surface area contributed by atoms with E-state index in [0.717, 1.165) is 12.6 Å². The molecule has 1 aliphatic heterocycles. The summed E-state index contributed by atoms with van der Waals surface area (Å²) in [7, 11) is 0. The van der Waals surface area contributed by atoms with E-state index in [2.05, 4.69) is 10.6 Å². The maximum Gasteiger partial charge on any atom is 0.434 e. The molecule has 2 amide bonds. The van der Waals surface area contributed by atoms with Gasteiger partial charge in [-0.25, -0.2) is 0 Å². The maximum atomic E-state index is 12.8. The normalized spacial score (nSPS) is 17.5. The van der Waals surface area contributed by atoms with E-state index in [0.29, 0.717) is 30.8 Å². The SMILES string of the molecule is CCC(NC(=O)c1cccc(-c2cc([N+](=O)[O-])oc2C(N)=O)c1)C1COCCN1. The lowest BCUT2D eigenvalue weighted by atomic mass is 10.0. The van der Waals surface area contributed by atoms with Crippen molar-refractivity contribution in [3.05, 3.63) is 51.8 Å². The standard InChI is InChI=1S/C19H22N4O6/c1-2-14(15-10-28-7-6-21-15)22-19(25)12-5-3-4-11(8-12)13-9-16(23(26)27)29-17(13)18(20)24/h3-5,8-9,14-15,21H,2,6-7,10H2,1H3,(H2,20,24)(H,22,25). The van der Waals surface area contributed by atoms with E-state index in [1.165, 1.54) is 6.07 Å². The van der Waals surface area contributed by atoms with E-state index in [1.54, 1.807) is 18.2 Å². The number of hydrogen-bond acceptors (Lipinski definition) is 7. The largest absolute Gasteiger partial charge is 0.434 e. The highest BCUT2D eigenvalue weighted by molar-refractivity contribution is 5.99. The molecule has 2 heterocycles. The Labute approximate surface area is 166 Å². The van der Waals surface area contributed by atoms with Gasteiger partial charge in [0.1, 0.15) is 4.92 Å². The average Bonchev–Trinajstić information content (AvgIpc) is 3.19. The topological polar surface area (TPSA) is 150 Å². The molecule has 10 heteroatoms. The van der Waals surface area contributed by atoms with Crippen LogP contribution in [0.2, 0.25) is 0 Å². The van der Waals surface area contributed by atoms with Gasteiger partial charge in [-0.2, -0.15) is 0 Å². The Morgan fingerprint density at radius 3 is 2.83 bits per heavy atom. The predicted molar refractivity (Wildman–Crippen MR) is 103 cm³/mol. The van der Waals surface area contributed by atoms with Gasteiger partial charge in [-0.05, 0) is 24.1 Å². The zero-order valence-electron chi connectivity index (χ0n) is 15.8. The smallest absolute Gasteiger partial charge is 0.395 e. The molecule has 10 nitrogen and oxygen atoms in total. The van der Waals surface area contributed by atoms with Crippen molar-refractivity contribution < 1.29 is 23.7 Å². The first-order chi connectivity index (χ1) is 13.9. The number of nitrogens with two attached hydrogens (primary N) is 1. The number of hydrogen-bond donors (Lipinski definition) is 3. The van der Waals surface area contributed by atoms with Crippen molar-refractivity contribution in [1.82, 2.24) is 10.6 Å². The summed E-state index contributed by atoms with van der Waals surface area (Å²) in [6, 6.07) is 7.40. The predicted octanol–water partition coefficient (Wildman–Crippen LogP) is 1.45. The van der Waals surface area contributed by atoms with Crippen molar-refractivity contribution in [1.29, 1.82) is 0 Å². The number of carbonyl (C=O) groups is 2. The van der Waals surface area contributed by atoms with Crippen molar-refractivity contribution in [3.63, 3.8) is 0 Å². The summed E-state index contributed by atoms with van der Waals surface area (Å²) in [5.41, 5.74) is 6.19. The molecule has 4 N–H and O–H groups in total. The van der Waals surface area contributed by atoms with E-state index in [9.17, 15) is 19.7 Å². The molecule has 3 rings (SSSR count). The molecule has 2 atom stereocenters. The lowest BCUT2D eigenvalue weighted by Gasteiger charge is -2.31. The summed E-state index contributed by atoms with van der Waals surface area (Å²) in [6.07, 6.45) is 0.714. The van der Waals surface area contributed by atoms with Crippen LogP contribution in [0.1, 0.15) is 34.3 Å². The Morgan fingerprint density at radius 1 is 1.41 bits per heavy atom. The Balaban J connectivity index is 1.85. The molecule has 154 valence electrons. The van der Waals surface area contributed by atoms with Gasteiger partial charge in [0.25, 0.3) is 11.8 Å². The van der Waals surface area contributed by atoms with Crippen LogP contribution in [0.3, 0.4) is 0 Å². The minimum atomic E-state index is -0.933. The lowest BCUT2D eigenvalue weighted by Crippen LogP contribution is -2.55. The van der Waals surface area contributed by atoms with Crippen LogP contribution >= 0.6 is 0 Å². The Kier molecular flexibility index (Phi) is 6.25. The average molecular weight is 402 g/mol. The van der Waals surface area contributed by atoms with Crippen LogP contribution in [-0.2, 0) is 4.74 Å². The van der Waals surface area contributed by atoms with Crippen LogP contribution < -0.4 is 16.4 Å². The highest BCUT2D eigenvalue weighted by atomic mass is 16.6. The minimum absolute atomic E-state index is 0.0128. The van der Waals surface area contributed by atoms with E-state index < -0.39 is 16.7 Å². The Morgan fingerprint density at radius 2 is 2.21 bits per heavy atom. The number of carbonyl (C=O) groups excluding carboxylic acids is 2. The molecule has 0 spiro atoms. The fourth-order valence-electron chi connectivity index (χ4n) is 3.28. The number of morpholine rings is 1. The second kappa shape index (κ2) is 8.84. The van der Waals surface area contributed by atoms with Crippen LogP contribution in [0.4, 0.5) is 5.88 Å². The van der Waals surface area contributed by atoms with E-state index in [-0.39, 0.29) is 29.3 Å². The number of nitrogens with one attached hydrogen (secondary N) is 2. The van der Waals surface area contributed by atoms with Crippen molar-refractivity contribution in [2.45, 2.75) is 25.4 Å². The van der Waals surface area contributed by atoms with Crippen LogP contribution in [-0.4, -0.2) is 48.6 Å². The molecular formula is C19H22N4O6. The maximum absolute atomic E-state index is 12.8. The van der Waals surface area contributed by atoms with Crippen LogP contribution in [0, 0.1) is 10.1 Å². The minimum Gasteiger partial charge on any atom is -0.395 e. The van der Waals surface area contributed by atoms with Gasteiger partial charge >= 0.3 is 5.88 Å². The zero-order valence-corrected chi connectivity index (χ0v) is 15.8. The third-order valence-corrected chi connectivity index (χ3v) is 4.75. The molecule has 1 fully saturated rings. The molecule has 0 saturated carbocycles. The van der Waals surface area contributed by atoms with Gasteiger partial charge in [-0.1, -0.05) is 19.1 Å². The first kappa shape index (κ1) is 20.5. The molecule has 0 radical (unpaired) electrons. The molecule has 0 aliphatic carbocycles. The highest BCUT2D eigenvalue weighted by Crippen LogP contribution is 2.31. The second-order valence-corrected chi connectivity index (χ2v) is 6.65. The van der Waals surface area contributed by atoms with Gasteiger partial charge in [0, 0.05) is 23.7 Å². The van der Waals surface area contributed by atoms with Crippen molar-refractivity contribution in [2.24, 2.45) is 5.73 Å². The van der Waals surface area contributed by atoms with E-state index in [1.807, 2.05) is 6.92 Å². The fraction of sp³-hybridized carbons (Fsp3) is 0.368. The summed E-state index contributed by atoms with van der Waals surface area (Å²) in [4.78, 5) is 34.6. The number of nitrogens with zero attached hydrogens (tertiary/aromatic N) is 1. The summed E-state index contributed by atoms with van der Waals surface area (Å²) >= 11 is 0. The molecule has 2 unspecified atom stereocenters. The lowest BCUT2D eigenvalue weighted by molar-refractivity contribution is -0.402. The van der Waals surface area contributed by atoms with Gasteiger partial charge in [0.05, 0.1) is 25.3 Å². The first-order valence-corrected chi connectivity index (χ1v) is 9.21. The van der Waals surface area contributed by atoms with E-state index in [4.69, 9.17) is 14.9 Å². The fourth-order valence-corrected chi connectivity index (χ4v) is 3.28. The molecule has 1 aromatic heterocycles. The first-order valence-electron chi connectivity index (χ1n) is 9.21. The molecule has 1 aliphatic rings. The monoisotopic (exact) mass is 402 g/mol. The van der Waals surface area contributed by atoms with Crippen LogP contribution in [0.25, 0.3) is 11.1 Å². The number of ether oxygens (including phenoxy) is 1. The number of primary amides is 1. The molecule has 0 bridgehead atoms. The number of amides is 2. The molecule has 1 aromatic carbocycles. The summed E-state index contributed by atoms with van der Waals surface area (Å²) in [5.74, 6) is -2.16. The molecular weight excluding hydrogens is 380 g/mol. The second-order valence-electron chi connectivity index (χ2n) is 6.65. The number of rotatable bonds is 7. The van der Waals surface area contributed by atoms with Crippen molar-refractivity contribution in [2.75, 3.05) is 19.8 Å². The molecule has 1 saturated heterocycles. The van der Waals surface area contributed by atoms with Crippen molar-refractivity contribution in [3.8, 4) is 11.1 Å². The van der Waals surface area contributed by atoms with Crippen LogP contribution in [0.5, 0.6) is 0 Å². The number of nitro groups is 1. The molecule has 29 heavy (non-hydrogen) atoms. The Bertz CT molecular complexity index is 919. The summed E-state index contributed by atoms with van der Waals surface area (Å²) < 4.78 is 10.4. The number of benzene rings is 1.